The minimum Gasteiger partial charge on any atom is -0.330 e. The third kappa shape index (κ3) is 4.18. The van der Waals surface area contributed by atoms with Crippen LogP contribution in [0.1, 0.15) is 37.6 Å². The third-order valence-electron chi connectivity index (χ3n) is 2.74. The van der Waals surface area contributed by atoms with Gasteiger partial charge in [0.1, 0.15) is 5.82 Å². The van der Waals surface area contributed by atoms with Gasteiger partial charge in [-0.15, -0.1) is 11.6 Å². The normalized spacial score (nSPS) is 10.9. The molecule has 2 rings (SSSR count). The number of rotatable bonds is 6. The molecule has 0 fully saturated rings. The summed E-state index contributed by atoms with van der Waals surface area (Å²) in [4.78, 5) is 4.47. The lowest BCUT2D eigenvalue weighted by molar-refractivity contribution is 0.800. The average molecular weight is 296 g/mol. The Morgan fingerprint density at radius 2 is 2.21 bits per heavy atom. The molecular formula is C14H18ClN3S. The fourth-order valence-electron chi connectivity index (χ4n) is 1.72. The van der Waals surface area contributed by atoms with Crippen molar-refractivity contribution in [2.45, 2.75) is 32.6 Å². The Kier molecular flexibility index (Phi) is 5.16. The van der Waals surface area contributed by atoms with Gasteiger partial charge >= 0.3 is 0 Å². The molecule has 2 aromatic rings. The Morgan fingerprint density at radius 1 is 1.37 bits per heavy atom. The molecular weight excluding hydrogens is 278 g/mol. The topological polar surface area (TPSA) is 37.8 Å². The zero-order valence-electron chi connectivity index (χ0n) is 11.2. The highest BCUT2D eigenvalue weighted by Gasteiger charge is 2.07. The Morgan fingerprint density at radius 3 is 2.89 bits per heavy atom. The number of aromatic nitrogens is 2. The quantitative estimate of drug-likeness (QED) is 0.793. The summed E-state index contributed by atoms with van der Waals surface area (Å²) < 4.78 is 4.33. The SMILES string of the molecule is CC(C)c1nsc(Nc2cccc(CCCCl)c2)n1. The highest BCUT2D eigenvalue weighted by Crippen LogP contribution is 2.22. The molecule has 102 valence electrons. The molecule has 1 heterocycles. The van der Waals surface area contributed by atoms with Crippen molar-refractivity contribution < 1.29 is 0 Å². The molecule has 1 aromatic carbocycles. The molecule has 0 bridgehead atoms. The third-order valence-corrected chi connectivity index (χ3v) is 3.65. The van der Waals surface area contributed by atoms with Crippen LogP contribution in [0.25, 0.3) is 0 Å². The van der Waals surface area contributed by atoms with Crippen LogP contribution in [0.4, 0.5) is 10.8 Å². The smallest absolute Gasteiger partial charge is 0.207 e. The van der Waals surface area contributed by atoms with Crippen LogP contribution >= 0.6 is 23.1 Å². The average Bonchev–Trinajstić information content (AvgIpc) is 2.85. The predicted octanol–water partition coefficient (Wildman–Crippen LogP) is 4.58. The molecule has 1 aromatic heterocycles. The van der Waals surface area contributed by atoms with Crippen LogP contribution in [0.3, 0.4) is 0 Å². The summed E-state index contributed by atoms with van der Waals surface area (Å²) in [6, 6.07) is 8.36. The summed E-state index contributed by atoms with van der Waals surface area (Å²) in [5.74, 6) is 1.96. The Hall–Kier alpha value is -1.13. The lowest BCUT2D eigenvalue weighted by Gasteiger charge is -2.05. The zero-order valence-corrected chi connectivity index (χ0v) is 12.8. The monoisotopic (exact) mass is 295 g/mol. The van der Waals surface area contributed by atoms with E-state index in [2.05, 4.69) is 46.7 Å². The van der Waals surface area contributed by atoms with Crippen LogP contribution in [0.2, 0.25) is 0 Å². The molecule has 19 heavy (non-hydrogen) atoms. The summed E-state index contributed by atoms with van der Waals surface area (Å²) in [6.45, 7) is 4.19. The van der Waals surface area contributed by atoms with Crippen LogP contribution in [-0.4, -0.2) is 15.2 Å². The summed E-state index contributed by atoms with van der Waals surface area (Å²) >= 11 is 7.12. The van der Waals surface area contributed by atoms with Crippen molar-refractivity contribution in [2.24, 2.45) is 0 Å². The van der Waals surface area contributed by atoms with Gasteiger partial charge in [0.05, 0.1) is 0 Å². The molecule has 0 saturated heterocycles. The first kappa shape index (κ1) is 14.3. The van der Waals surface area contributed by atoms with E-state index in [9.17, 15) is 0 Å². The van der Waals surface area contributed by atoms with E-state index >= 15 is 0 Å². The van der Waals surface area contributed by atoms with E-state index in [-0.39, 0.29) is 0 Å². The number of hydrogen-bond acceptors (Lipinski definition) is 4. The second-order valence-corrected chi connectivity index (χ2v) is 5.86. The zero-order chi connectivity index (χ0) is 13.7. The second-order valence-electron chi connectivity index (χ2n) is 4.73. The summed E-state index contributed by atoms with van der Waals surface area (Å²) in [5, 5.41) is 4.15. The number of nitrogens with zero attached hydrogens (tertiary/aromatic N) is 2. The summed E-state index contributed by atoms with van der Waals surface area (Å²) in [7, 11) is 0. The minimum atomic E-state index is 0.363. The van der Waals surface area contributed by atoms with Crippen molar-refractivity contribution in [3.8, 4) is 0 Å². The lowest BCUT2D eigenvalue weighted by atomic mass is 10.1. The van der Waals surface area contributed by atoms with Gasteiger partial charge in [0.15, 0.2) is 0 Å². The maximum Gasteiger partial charge on any atom is 0.207 e. The molecule has 0 unspecified atom stereocenters. The van der Waals surface area contributed by atoms with E-state index in [0.717, 1.165) is 29.5 Å². The van der Waals surface area contributed by atoms with Crippen LogP contribution < -0.4 is 5.32 Å². The van der Waals surface area contributed by atoms with E-state index in [1.807, 2.05) is 6.07 Å². The first-order valence-electron chi connectivity index (χ1n) is 6.44. The van der Waals surface area contributed by atoms with E-state index in [1.165, 1.54) is 17.1 Å². The lowest BCUT2D eigenvalue weighted by Crippen LogP contribution is -1.94. The van der Waals surface area contributed by atoms with Gasteiger partial charge in [-0.1, -0.05) is 26.0 Å². The van der Waals surface area contributed by atoms with Gasteiger partial charge in [0, 0.05) is 29.0 Å². The van der Waals surface area contributed by atoms with Gasteiger partial charge in [-0.2, -0.15) is 4.37 Å². The highest BCUT2D eigenvalue weighted by atomic mass is 35.5. The van der Waals surface area contributed by atoms with Crippen molar-refractivity contribution in [3.63, 3.8) is 0 Å². The molecule has 3 nitrogen and oxygen atoms in total. The van der Waals surface area contributed by atoms with Crippen LogP contribution in [-0.2, 0) is 6.42 Å². The minimum absolute atomic E-state index is 0.363. The number of halogens is 1. The molecule has 0 saturated carbocycles. The van der Waals surface area contributed by atoms with Gasteiger partial charge < -0.3 is 5.32 Å². The Labute approximate surface area is 123 Å². The van der Waals surface area contributed by atoms with Crippen molar-refractivity contribution in [2.75, 3.05) is 11.2 Å². The molecule has 0 aliphatic rings. The van der Waals surface area contributed by atoms with E-state index in [0.29, 0.717) is 11.8 Å². The number of aryl methyl sites for hydroxylation is 1. The summed E-state index contributed by atoms with van der Waals surface area (Å²) in [6.07, 6.45) is 2.01. The molecule has 0 aliphatic carbocycles. The largest absolute Gasteiger partial charge is 0.330 e. The number of anilines is 2. The van der Waals surface area contributed by atoms with E-state index in [1.54, 1.807) is 0 Å². The van der Waals surface area contributed by atoms with Crippen LogP contribution in [0.15, 0.2) is 24.3 Å². The molecule has 0 spiro atoms. The van der Waals surface area contributed by atoms with Crippen molar-refractivity contribution in [1.29, 1.82) is 0 Å². The second kappa shape index (κ2) is 6.87. The van der Waals surface area contributed by atoms with Crippen molar-refractivity contribution in [3.05, 3.63) is 35.7 Å². The van der Waals surface area contributed by atoms with Gasteiger partial charge in [0.25, 0.3) is 0 Å². The first-order chi connectivity index (χ1) is 9.19. The molecule has 1 N–H and O–H groups in total. The van der Waals surface area contributed by atoms with Crippen molar-refractivity contribution >= 4 is 34.0 Å². The number of nitrogens with one attached hydrogen (secondary N) is 1. The Bertz CT molecular complexity index is 525. The van der Waals surface area contributed by atoms with E-state index in [4.69, 9.17) is 11.6 Å². The number of alkyl halides is 1. The molecule has 0 aliphatic heterocycles. The Balaban J connectivity index is 2.05. The molecule has 0 radical (unpaired) electrons. The van der Waals surface area contributed by atoms with Crippen LogP contribution in [0.5, 0.6) is 0 Å². The molecule has 5 heteroatoms. The van der Waals surface area contributed by atoms with Crippen LogP contribution in [0, 0.1) is 0 Å². The molecule has 0 atom stereocenters. The van der Waals surface area contributed by atoms with Gasteiger partial charge in [-0.25, -0.2) is 4.98 Å². The number of benzene rings is 1. The van der Waals surface area contributed by atoms with Gasteiger partial charge in [-0.05, 0) is 30.5 Å². The van der Waals surface area contributed by atoms with Gasteiger partial charge in [0.2, 0.25) is 5.13 Å². The highest BCUT2D eigenvalue weighted by molar-refractivity contribution is 7.09. The number of hydrogen-bond donors (Lipinski definition) is 1. The standard InChI is InChI=1S/C14H18ClN3S/c1-10(2)13-17-14(19-18-13)16-12-7-3-5-11(9-12)6-4-8-15/h3,5,7,9-10H,4,6,8H2,1-2H3,(H,16,17,18). The van der Waals surface area contributed by atoms with E-state index < -0.39 is 0 Å². The first-order valence-corrected chi connectivity index (χ1v) is 7.75. The fraction of sp³-hybridized carbons (Fsp3) is 0.429. The van der Waals surface area contributed by atoms with Crippen molar-refractivity contribution in [1.82, 2.24) is 9.36 Å². The fourth-order valence-corrected chi connectivity index (χ4v) is 2.58. The maximum absolute atomic E-state index is 5.72. The van der Waals surface area contributed by atoms with Gasteiger partial charge in [-0.3, -0.25) is 0 Å². The summed E-state index contributed by atoms with van der Waals surface area (Å²) in [5.41, 5.74) is 2.35. The maximum atomic E-state index is 5.72. The molecule has 0 amide bonds. The predicted molar refractivity (Wildman–Crippen MR) is 82.8 cm³/mol.